The van der Waals surface area contributed by atoms with Gasteiger partial charge in [0.2, 0.25) is 5.91 Å². The zero-order valence-corrected chi connectivity index (χ0v) is 9.42. The molecule has 0 aromatic carbocycles. The molecular weight excluding hydrogens is 164 g/mol. The third kappa shape index (κ3) is 2.99. The Kier molecular flexibility index (Phi) is 4.40. The van der Waals surface area contributed by atoms with Crippen LogP contribution in [0.25, 0.3) is 0 Å². The van der Waals surface area contributed by atoms with Crippen LogP contribution in [-0.2, 0) is 4.79 Å². The molecule has 0 radical (unpaired) electrons. The molecule has 2 atom stereocenters. The predicted octanol–water partition coefficient (Wildman–Crippen LogP) is 1.37. The molecule has 0 aromatic rings. The Morgan fingerprint density at radius 2 is 2.00 bits per heavy atom. The van der Waals surface area contributed by atoms with Crippen molar-refractivity contribution in [2.45, 2.75) is 52.1 Å². The first kappa shape index (κ1) is 12.4. The summed E-state index contributed by atoms with van der Waals surface area (Å²) in [6, 6.07) is 0.266. The van der Waals surface area contributed by atoms with Gasteiger partial charge in [0.05, 0.1) is 5.54 Å². The van der Waals surface area contributed by atoms with Gasteiger partial charge in [0.25, 0.3) is 0 Å². The van der Waals surface area contributed by atoms with Crippen LogP contribution in [0.4, 0.5) is 0 Å². The van der Waals surface area contributed by atoms with Gasteiger partial charge in [-0.15, -0.1) is 0 Å². The highest BCUT2D eigenvalue weighted by molar-refractivity contribution is 5.85. The second-order valence-electron chi connectivity index (χ2n) is 3.94. The van der Waals surface area contributed by atoms with E-state index in [4.69, 9.17) is 5.73 Å². The molecule has 0 saturated heterocycles. The molecule has 0 saturated carbocycles. The van der Waals surface area contributed by atoms with E-state index in [0.717, 1.165) is 6.42 Å². The average molecular weight is 186 g/mol. The fourth-order valence-corrected chi connectivity index (χ4v) is 1.03. The Balaban J connectivity index is 4.42. The van der Waals surface area contributed by atoms with Gasteiger partial charge in [-0.2, -0.15) is 0 Å². The molecule has 0 aliphatic heterocycles. The SMILES string of the molecule is CCC(C)N(C)C(=O)C(C)(N)CC. The van der Waals surface area contributed by atoms with E-state index < -0.39 is 5.54 Å². The molecule has 13 heavy (non-hydrogen) atoms. The molecular formula is C10H22N2O. The van der Waals surface area contributed by atoms with Gasteiger partial charge in [-0.25, -0.2) is 0 Å². The largest absolute Gasteiger partial charge is 0.341 e. The summed E-state index contributed by atoms with van der Waals surface area (Å²) in [7, 11) is 1.82. The van der Waals surface area contributed by atoms with E-state index in [1.54, 1.807) is 11.8 Å². The first-order valence-electron chi connectivity index (χ1n) is 4.93. The second kappa shape index (κ2) is 4.61. The van der Waals surface area contributed by atoms with Crippen molar-refractivity contribution >= 4 is 5.91 Å². The van der Waals surface area contributed by atoms with Gasteiger partial charge >= 0.3 is 0 Å². The number of rotatable bonds is 4. The van der Waals surface area contributed by atoms with E-state index in [0.29, 0.717) is 6.42 Å². The molecule has 0 aliphatic carbocycles. The number of likely N-dealkylation sites (N-methyl/N-ethyl adjacent to an activating group) is 1. The molecule has 0 rings (SSSR count). The van der Waals surface area contributed by atoms with E-state index in [2.05, 4.69) is 6.92 Å². The minimum atomic E-state index is -0.710. The third-order valence-electron chi connectivity index (χ3n) is 2.80. The summed E-state index contributed by atoms with van der Waals surface area (Å²) in [6.07, 6.45) is 1.63. The molecule has 0 fully saturated rings. The summed E-state index contributed by atoms with van der Waals surface area (Å²) in [5.74, 6) is 0.0318. The van der Waals surface area contributed by atoms with Crippen LogP contribution in [0.1, 0.15) is 40.5 Å². The maximum absolute atomic E-state index is 11.8. The molecule has 78 valence electrons. The molecule has 0 aromatic heterocycles. The van der Waals surface area contributed by atoms with Crippen molar-refractivity contribution in [2.24, 2.45) is 5.73 Å². The highest BCUT2D eigenvalue weighted by Gasteiger charge is 2.30. The number of hydrogen-bond acceptors (Lipinski definition) is 2. The van der Waals surface area contributed by atoms with E-state index in [1.165, 1.54) is 0 Å². The Hall–Kier alpha value is -0.570. The lowest BCUT2D eigenvalue weighted by Crippen LogP contribution is -2.53. The Morgan fingerprint density at radius 1 is 1.54 bits per heavy atom. The minimum Gasteiger partial charge on any atom is -0.341 e. The van der Waals surface area contributed by atoms with E-state index >= 15 is 0 Å². The lowest BCUT2D eigenvalue weighted by Gasteiger charge is -2.32. The topological polar surface area (TPSA) is 46.3 Å². The molecule has 3 nitrogen and oxygen atoms in total. The Morgan fingerprint density at radius 3 is 2.31 bits per heavy atom. The van der Waals surface area contributed by atoms with Crippen LogP contribution < -0.4 is 5.73 Å². The molecule has 1 amide bonds. The molecule has 0 spiro atoms. The van der Waals surface area contributed by atoms with E-state index in [-0.39, 0.29) is 11.9 Å². The van der Waals surface area contributed by atoms with E-state index in [1.807, 2.05) is 20.9 Å². The average Bonchev–Trinajstić information content (AvgIpc) is 2.14. The molecule has 3 heteroatoms. The normalized spacial score (nSPS) is 17.7. The zero-order chi connectivity index (χ0) is 10.6. The maximum atomic E-state index is 11.8. The monoisotopic (exact) mass is 186 g/mol. The first-order valence-corrected chi connectivity index (χ1v) is 4.93. The number of carbonyl (C=O) groups is 1. The van der Waals surface area contributed by atoms with Gasteiger partial charge in [-0.1, -0.05) is 13.8 Å². The quantitative estimate of drug-likeness (QED) is 0.720. The van der Waals surface area contributed by atoms with Crippen molar-refractivity contribution in [3.8, 4) is 0 Å². The number of hydrogen-bond donors (Lipinski definition) is 1. The minimum absolute atomic E-state index is 0.0318. The molecule has 0 bridgehead atoms. The predicted molar refractivity (Wildman–Crippen MR) is 55.4 cm³/mol. The lowest BCUT2D eigenvalue weighted by molar-refractivity contribution is -0.137. The molecule has 2 unspecified atom stereocenters. The first-order chi connectivity index (χ1) is 5.86. The zero-order valence-electron chi connectivity index (χ0n) is 9.42. The van der Waals surface area contributed by atoms with Crippen LogP contribution in [0.3, 0.4) is 0 Å². The van der Waals surface area contributed by atoms with Gasteiger partial charge in [0, 0.05) is 13.1 Å². The van der Waals surface area contributed by atoms with Crippen molar-refractivity contribution in [1.29, 1.82) is 0 Å². The van der Waals surface area contributed by atoms with Crippen molar-refractivity contribution < 1.29 is 4.79 Å². The number of nitrogens with zero attached hydrogens (tertiary/aromatic N) is 1. The van der Waals surface area contributed by atoms with Crippen molar-refractivity contribution in [3.05, 3.63) is 0 Å². The van der Waals surface area contributed by atoms with Crippen molar-refractivity contribution in [2.75, 3.05) is 7.05 Å². The molecule has 0 heterocycles. The van der Waals surface area contributed by atoms with Crippen LogP contribution >= 0.6 is 0 Å². The van der Waals surface area contributed by atoms with Gasteiger partial charge < -0.3 is 10.6 Å². The summed E-state index contributed by atoms with van der Waals surface area (Å²) in [5.41, 5.74) is 5.15. The molecule has 2 N–H and O–H groups in total. The third-order valence-corrected chi connectivity index (χ3v) is 2.80. The van der Waals surface area contributed by atoms with Gasteiger partial charge in [0.1, 0.15) is 0 Å². The summed E-state index contributed by atoms with van der Waals surface area (Å²) < 4.78 is 0. The summed E-state index contributed by atoms with van der Waals surface area (Å²) >= 11 is 0. The van der Waals surface area contributed by atoms with E-state index in [9.17, 15) is 4.79 Å². The van der Waals surface area contributed by atoms with Crippen LogP contribution in [0.15, 0.2) is 0 Å². The van der Waals surface area contributed by atoms with Crippen LogP contribution in [-0.4, -0.2) is 29.4 Å². The summed E-state index contributed by atoms with van der Waals surface area (Å²) in [4.78, 5) is 13.5. The van der Waals surface area contributed by atoms with Crippen LogP contribution in [0.2, 0.25) is 0 Å². The number of nitrogens with two attached hydrogens (primary N) is 1. The standard InChI is InChI=1S/C10H22N2O/c1-6-8(3)12(5)9(13)10(4,11)7-2/h8H,6-7,11H2,1-5H3. The highest BCUT2D eigenvalue weighted by atomic mass is 16.2. The van der Waals surface area contributed by atoms with Crippen molar-refractivity contribution in [3.63, 3.8) is 0 Å². The van der Waals surface area contributed by atoms with Crippen LogP contribution in [0.5, 0.6) is 0 Å². The fraction of sp³-hybridized carbons (Fsp3) is 0.900. The Labute approximate surface area is 81.3 Å². The smallest absolute Gasteiger partial charge is 0.242 e. The number of amides is 1. The van der Waals surface area contributed by atoms with Gasteiger partial charge in [-0.05, 0) is 26.7 Å². The highest BCUT2D eigenvalue weighted by Crippen LogP contribution is 2.12. The van der Waals surface area contributed by atoms with Gasteiger partial charge in [0.15, 0.2) is 0 Å². The summed E-state index contributed by atoms with van der Waals surface area (Å²) in [5, 5.41) is 0. The maximum Gasteiger partial charge on any atom is 0.242 e. The molecule has 0 aliphatic rings. The second-order valence-corrected chi connectivity index (χ2v) is 3.94. The van der Waals surface area contributed by atoms with Crippen LogP contribution in [0, 0.1) is 0 Å². The Bertz CT molecular complexity index is 178. The lowest BCUT2D eigenvalue weighted by atomic mass is 9.98. The number of carbonyl (C=O) groups excluding carboxylic acids is 1. The van der Waals surface area contributed by atoms with Crippen molar-refractivity contribution in [1.82, 2.24) is 4.90 Å². The fourth-order valence-electron chi connectivity index (χ4n) is 1.03. The summed E-state index contributed by atoms with van der Waals surface area (Å²) in [6.45, 7) is 7.81. The van der Waals surface area contributed by atoms with Gasteiger partial charge in [-0.3, -0.25) is 4.79 Å².